The van der Waals surface area contributed by atoms with E-state index in [1.807, 2.05) is 19.1 Å². The van der Waals surface area contributed by atoms with Crippen LogP contribution in [0.25, 0.3) is 0 Å². The van der Waals surface area contributed by atoms with Gasteiger partial charge in [-0.3, -0.25) is 0 Å². The molecule has 0 unspecified atom stereocenters. The van der Waals surface area contributed by atoms with Crippen molar-refractivity contribution < 1.29 is 0 Å². The first-order valence-corrected chi connectivity index (χ1v) is 2.81. The van der Waals surface area contributed by atoms with E-state index in [-0.39, 0.29) is 0 Å². The zero-order valence-electron chi connectivity index (χ0n) is 5.85. The van der Waals surface area contributed by atoms with Crippen molar-refractivity contribution >= 4 is 0 Å². The molecule has 0 aromatic rings. The van der Waals surface area contributed by atoms with Crippen LogP contribution in [0.2, 0.25) is 0 Å². The molecule has 0 aromatic heterocycles. The van der Waals surface area contributed by atoms with Gasteiger partial charge in [0.1, 0.15) is 0 Å². The molecule has 0 aliphatic rings. The van der Waals surface area contributed by atoms with Gasteiger partial charge in [-0.2, -0.15) is 0 Å². The predicted octanol–water partition coefficient (Wildman–Crippen LogP) is 2.86. The number of hydrogen-bond donors (Lipinski definition) is 0. The molecule has 9 heavy (non-hydrogen) atoms. The van der Waals surface area contributed by atoms with E-state index in [4.69, 9.17) is 0 Å². The molecule has 0 rings (SSSR count). The molecule has 0 N–H and O–H groups in total. The van der Waals surface area contributed by atoms with Gasteiger partial charge >= 0.3 is 0 Å². The van der Waals surface area contributed by atoms with Gasteiger partial charge < -0.3 is 0 Å². The Labute approximate surface area is 56.9 Å². The molecule has 0 aromatic carbocycles. The summed E-state index contributed by atoms with van der Waals surface area (Å²) in [6.07, 6.45) is 5.50. The van der Waals surface area contributed by atoms with Crippen LogP contribution < -0.4 is 0 Å². The Bertz CT molecular complexity index is 159. The molecular formula is C9H12. The van der Waals surface area contributed by atoms with E-state index in [1.54, 1.807) is 6.08 Å². The van der Waals surface area contributed by atoms with E-state index in [0.717, 1.165) is 11.1 Å². The third-order valence-electron chi connectivity index (χ3n) is 0.844. The third kappa shape index (κ3) is 4.82. The van der Waals surface area contributed by atoms with E-state index >= 15 is 0 Å². The van der Waals surface area contributed by atoms with Crippen molar-refractivity contribution in [3.05, 3.63) is 49.1 Å². The lowest BCUT2D eigenvalue weighted by Gasteiger charge is -1.85. The Hall–Kier alpha value is -1.04. The minimum Gasteiger partial charge on any atom is -0.0985 e. The van der Waals surface area contributed by atoms with E-state index in [2.05, 4.69) is 19.7 Å². The van der Waals surface area contributed by atoms with Crippen LogP contribution in [0.5, 0.6) is 0 Å². The summed E-state index contributed by atoms with van der Waals surface area (Å²) in [5.41, 5.74) is 1.94. The summed E-state index contributed by atoms with van der Waals surface area (Å²) >= 11 is 0. The third-order valence-corrected chi connectivity index (χ3v) is 0.844. The normalized spacial score (nSPS) is 9.44. The summed E-state index contributed by atoms with van der Waals surface area (Å²) in [4.78, 5) is 0. The molecular weight excluding hydrogens is 108 g/mol. The number of allylic oxidation sites excluding steroid dienone is 5. The summed E-state index contributed by atoms with van der Waals surface area (Å²) in [6.45, 7) is 12.9. The van der Waals surface area contributed by atoms with Gasteiger partial charge in [-0.05, 0) is 12.5 Å². The van der Waals surface area contributed by atoms with Crippen LogP contribution in [0, 0.1) is 0 Å². The standard InChI is InChI=1S/C9H12/c1-5-9(4)7-6-8(2)3/h5-7H,1-2,4H2,3H3/b7-6-. The zero-order chi connectivity index (χ0) is 7.28. The van der Waals surface area contributed by atoms with Crippen LogP contribution in [-0.4, -0.2) is 0 Å². The van der Waals surface area contributed by atoms with Crippen molar-refractivity contribution in [2.75, 3.05) is 0 Å². The van der Waals surface area contributed by atoms with Crippen molar-refractivity contribution in [1.82, 2.24) is 0 Å². The Balaban J connectivity index is 3.85. The SMILES string of the molecule is C=CC(=C)/C=C\C(=C)C. The summed E-state index contributed by atoms with van der Waals surface area (Å²) < 4.78 is 0. The fourth-order valence-electron chi connectivity index (χ4n) is 0.317. The van der Waals surface area contributed by atoms with Crippen LogP contribution >= 0.6 is 0 Å². The van der Waals surface area contributed by atoms with Crippen molar-refractivity contribution in [1.29, 1.82) is 0 Å². The van der Waals surface area contributed by atoms with Crippen LogP contribution in [0.1, 0.15) is 6.92 Å². The Morgan fingerprint density at radius 2 is 1.78 bits per heavy atom. The van der Waals surface area contributed by atoms with E-state index < -0.39 is 0 Å². The highest BCUT2D eigenvalue weighted by Gasteiger charge is 1.75. The average Bonchev–Trinajstić information content (AvgIpc) is 1.83. The molecule has 0 bridgehead atoms. The molecule has 0 spiro atoms. The number of rotatable bonds is 3. The highest BCUT2D eigenvalue weighted by molar-refractivity contribution is 5.29. The van der Waals surface area contributed by atoms with Crippen LogP contribution in [0.4, 0.5) is 0 Å². The smallest absolute Gasteiger partial charge is 0.0335 e. The summed E-state index contributed by atoms with van der Waals surface area (Å²) in [6, 6.07) is 0. The highest BCUT2D eigenvalue weighted by Crippen LogP contribution is 1.96. The van der Waals surface area contributed by atoms with Gasteiger partial charge in [0, 0.05) is 0 Å². The van der Waals surface area contributed by atoms with Crippen LogP contribution in [0.3, 0.4) is 0 Å². The maximum absolute atomic E-state index is 3.70. The quantitative estimate of drug-likeness (QED) is 0.502. The first kappa shape index (κ1) is 7.96. The van der Waals surface area contributed by atoms with Gasteiger partial charge in [-0.15, -0.1) is 0 Å². The second-order valence-corrected chi connectivity index (χ2v) is 1.96. The molecule has 0 aliphatic carbocycles. The van der Waals surface area contributed by atoms with Gasteiger partial charge in [-0.1, -0.05) is 43.5 Å². The second kappa shape index (κ2) is 3.90. The lowest BCUT2D eigenvalue weighted by atomic mass is 10.2. The lowest BCUT2D eigenvalue weighted by molar-refractivity contribution is 1.55. The van der Waals surface area contributed by atoms with Crippen molar-refractivity contribution in [2.45, 2.75) is 6.92 Å². The van der Waals surface area contributed by atoms with E-state index in [9.17, 15) is 0 Å². The molecule has 0 nitrogen and oxygen atoms in total. The van der Waals surface area contributed by atoms with Crippen LogP contribution in [0.15, 0.2) is 49.1 Å². The van der Waals surface area contributed by atoms with Gasteiger partial charge in [0.15, 0.2) is 0 Å². The predicted molar refractivity (Wildman–Crippen MR) is 43.3 cm³/mol. The molecule has 48 valence electrons. The minimum atomic E-state index is 0.915. The topological polar surface area (TPSA) is 0 Å². The van der Waals surface area contributed by atoms with Crippen molar-refractivity contribution in [2.24, 2.45) is 0 Å². The van der Waals surface area contributed by atoms with Gasteiger partial charge in [0.05, 0.1) is 0 Å². The summed E-state index contributed by atoms with van der Waals surface area (Å²) in [5, 5.41) is 0. The maximum atomic E-state index is 3.70. The van der Waals surface area contributed by atoms with E-state index in [0.29, 0.717) is 0 Å². The molecule has 0 saturated carbocycles. The lowest BCUT2D eigenvalue weighted by Crippen LogP contribution is -1.65. The molecule has 0 heterocycles. The van der Waals surface area contributed by atoms with Gasteiger partial charge in [0.25, 0.3) is 0 Å². The number of hydrogen-bond acceptors (Lipinski definition) is 0. The largest absolute Gasteiger partial charge is 0.0985 e. The average molecular weight is 120 g/mol. The van der Waals surface area contributed by atoms with Gasteiger partial charge in [0.2, 0.25) is 0 Å². The van der Waals surface area contributed by atoms with Gasteiger partial charge in [-0.25, -0.2) is 0 Å². The molecule has 0 radical (unpaired) electrons. The Morgan fingerprint density at radius 1 is 1.22 bits per heavy atom. The molecule has 0 aliphatic heterocycles. The highest BCUT2D eigenvalue weighted by atomic mass is 13.8. The minimum absolute atomic E-state index is 0.915. The maximum Gasteiger partial charge on any atom is -0.0335 e. The second-order valence-electron chi connectivity index (χ2n) is 1.96. The van der Waals surface area contributed by atoms with E-state index in [1.165, 1.54) is 0 Å². The first-order chi connectivity index (χ1) is 4.16. The fraction of sp³-hybridized carbons (Fsp3) is 0.111. The molecule has 0 saturated heterocycles. The van der Waals surface area contributed by atoms with Crippen LogP contribution in [-0.2, 0) is 0 Å². The van der Waals surface area contributed by atoms with Crippen molar-refractivity contribution in [3.8, 4) is 0 Å². The molecule has 0 fully saturated rings. The Morgan fingerprint density at radius 3 is 2.11 bits per heavy atom. The first-order valence-electron chi connectivity index (χ1n) is 2.81. The zero-order valence-corrected chi connectivity index (χ0v) is 5.85. The summed E-state index contributed by atoms with van der Waals surface area (Å²) in [5.74, 6) is 0. The monoisotopic (exact) mass is 120 g/mol. The fourth-order valence-corrected chi connectivity index (χ4v) is 0.317. The molecule has 0 amide bonds. The van der Waals surface area contributed by atoms with Crippen molar-refractivity contribution in [3.63, 3.8) is 0 Å². The summed E-state index contributed by atoms with van der Waals surface area (Å²) in [7, 11) is 0. The molecule has 0 atom stereocenters. The Kier molecular flexibility index (Phi) is 3.45. The molecule has 0 heteroatoms.